The summed E-state index contributed by atoms with van der Waals surface area (Å²) in [5, 5.41) is 0.245. The number of anilines is 1. The van der Waals surface area contributed by atoms with Crippen LogP contribution in [0.2, 0.25) is 5.02 Å². The van der Waals surface area contributed by atoms with Gasteiger partial charge in [0.25, 0.3) is 10.1 Å². The second-order valence-corrected chi connectivity index (χ2v) is 13.7. The number of halogens is 2. The van der Waals surface area contributed by atoms with Crippen molar-refractivity contribution in [3.63, 3.8) is 0 Å². The van der Waals surface area contributed by atoms with Crippen LogP contribution in [0.25, 0.3) is 0 Å². The highest BCUT2D eigenvalue weighted by molar-refractivity contribution is 7.89. The van der Waals surface area contributed by atoms with Crippen LogP contribution in [0.1, 0.15) is 20.8 Å². The smallest absolute Gasteiger partial charge is 0.332 e. The van der Waals surface area contributed by atoms with Gasteiger partial charge in [0, 0.05) is 12.2 Å². The van der Waals surface area contributed by atoms with Crippen molar-refractivity contribution in [1.82, 2.24) is 4.72 Å². The highest BCUT2D eigenvalue weighted by atomic mass is 35.5. The quantitative estimate of drug-likeness (QED) is 0.174. The number of aliphatic imine (C=N–C) groups is 2. The van der Waals surface area contributed by atoms with Crippen LogP contribution in [0.4, 0.5) is 9.57 Å². The summed E-state index contributed by atoms with van der Waals surface area (Å²) in [7, 11) is -12.5. The molecule has 1 aliphatic heterocycles. The lowest BCUT2D eigenvalue weighted by Crippen LogP contribution is -2.54. The number of ether oxygens (including phenoxy) is 1. The Labute approximate surface area is 236 Å². The Morgan fingerprint density at radius 3 is 2.08 bits per heavy atom. The molecule has 14 nitrogen and oxygen atoms in total. The van der Waals surface area contributed by atoms with Gasteiger partial charge in [-0.05, 0) is 63.2 Å². The molecule has 1 heterocycles. The molecule has 0 aromatic heterocycles. The molecular formula is C21H28ClFN6O8S3. The first-order valence-electron chi connectivity index (χ1n) is 11.2. The molecule has 3 rings (SSSR count). The van der Waals surface area contributed by atoms with E-state index in [1.807, 2.05) is 0 Å². The minimum atomic E-state index is -4.92. The maximum atomic E-state index is 12.9. The van der Waals surface area contributed by atoms with Crippen molar-refractivity contribution in [2.45, 2.75) is 36.2 Å². The Balaban J connectivity index is 0.000000840. The largest absolute Gasteiger partial charge is 0.491 e. The highest BCUT2D eigenvalue weighted by Crippen LogP contribution is 2.33. The molecule has 0 radical (unpaired) electrons. The highest BCUT2D eigenvalue weighted by Gasteiger charge is 2.33. The van der Waals surface area contributed by atoms with Gasteiger partial charge in [0.1, 0.15) is 18.0 Å². The maximum Gasteiger partial charge on any atom is 0.332 e. The fourth-order valence-electron chi connectivity index (χ4n) is 3.20. The number of benzene rings is 2. The topological polar surface area (TPSA) is 224 Å². The summed E-state index contributed by atoms with van der Waals surface area (Å²) >= 11 is 6.32. The Morgan fingerprint density at radius 1 is 1.05 bits per heavy atom. The molecule has 222 valence electrons. The van der Waals surface area contributed by atoms with Gasteiger partial charge < -0.3 is 16.2 Å². The number of nitrogens with two attached hydrogens (primary N) is 2. The molecule has 0 atom stereocenters. The van der Waals surface area contributed by atoms with Crippen molar-refractivity contribution in [3.05, 3.63) is 47.5 Å². The predicted molar refractivity (Wildman–Crippen MR) is 149 cm³/mol. The van der Waals surface area contributed by atoms with Gasteiger partial charge in [-0.2, -0.15) is 21.8 Å². The van der Waals surface area contributed by atoms with Gasteiger partial charge in [-0.3, -0.25) is 9.45 Å². The van der Waals surface area contributed by atoms with Crippen LogP contribution in [0.3, 0.4) is 0 Å². The molecule has 19 heteroatoms. The average Bonchev–Trinajstić information content (AvgIpc) is 2.81. The third-order valence-electron chi connectivity index (χ3n) is 5.00. The molecule has 0 unspecified atom stereocenters. The van der Waals surface area contributed by atoms with Crippen LogP contribution >= 0.6 is 11.6 Å². The Hall–Kier alpha value is -3.03. The molecule has 2 aromatic carbocycles. The van der Waals surface area contributed by atoms with Crippen LogP contribution in [0, 0.1) is 0 Å². The molecule has 0 aliphatic carbocycles. The molecular weight excluding hydrogens is 615 g/mol. The number of nitrogens with zero attached hydrogens (tertiary/aromatic N) is 3. The molecule has 0 spiro atoms. The van der Waals surface area contributed by atoms with Gasteiger partial charge in [-0.25, -0.2) is 18.1 Å². The number of nitrogens with one attached hydrogen (secondary N) is 1. The number of sulfonamides is 1. The van der Waals surface area contributed by atoms with Crippen LogP contribution < -0.4 is 25.8 Å². The summed E-state index contributed by atoms with van der Waals surface area (Å²) in [6.45, 7) is 4.80. The lowest BCUT2D eigenvalue weighted by molar-refractivity contribution is 0.323. The van der Waals surface area contributed by atoms with Crippen molar-refractivity contribution in [1.29, 1.82) is 0 Å². The van der Waals surface area contributed by atoms with Crippen LogP contribution in [0.5, 0.6) is 5.75 Å². The van der Waals surface area contributed by atoms with E-state index >= 15 is 0 Å². The van der Waals surface area contributed by atoms with E-state index in [1.165, 1.54) is 6.92 Å². The van der Waals surface area contributed by atoms with Gasteiger partial charge in [0.15, 0.2) is 0 Å². The first-order chi connectivity index (χ1) is 18.3. The van der Waals surface area contributed by atoms with Crippen molar-refractivity contribution in [2.75, 3.05) is 23.8 Å². The van der Waals surface area contributed by atoms with Gasteiger partial charge in [0.2, 0.25) is 21.9 Å². The second kappa shape index (κ2) is 12.6. The summed E-state index contributed by atoms with van der Waals surface area (Å²) < 4.78 is 94.1. The molecule has 1 aliphatic rings. The zero-order valence-corrected chi connectivity index (χ0v) is 24.7. The van der Waals surface area contributed by atoms with Crippen LogP contribution in [0.15, 0.2) is 62.2 Å². The van der Waals surface area contributed by atoms with Crippen molar-refractivity contribution in [3.8, 4) is 5.75 Å². The second-order valence-electron chi connectivity index (χ2n) is 8.41. The Kier molecular flexibility index (Phi) is 10.5. The zero-order valence-electron chi connectivity index (χ0n) is 21.4. The van der Waals surface area contributed by atoms with E-state index in [9.17, 15) is 29.1 Å². The van der Waals surface area contributed by atoms with E-state index in [0.717, 1.165) is 24.3 Å². The van der Waals surface area contributed by atoms with E-state index in [0.29, 0.717) is 11.4 Å². The number of rotatable bonds is 9. The van der Waals surface area contributed by atoms with Crippen molar-refractivity contribution < 1.29 is 38.4 Å². The standard InChI is InChI=1S/C19H22ClFN6O5S2.C2H6O3S/c1-19(2)26-17(22)25-18(23)27(19)12-3-8-16(15(20)11-12)32-10-9-24-34(30,31)14-6-4-13(5-7-14)33(21,28)29;1-2-6(3,4)5/h3-8,11,24H,9-10H2,1-2H3,(H4,22,23,25,26);2H2,1H3,(H,3,4,5). The molecule has 0 amide bonds. The molecule has 2 aromatic rings. The zero-order chi connectivity index (χ0) is 30.5. The molecule has 0 bridgehead atoms. The predicted octanol–water partition coefficient (Wildman–Crippen LogP) is 1.44. The summed E-state index contributed by atoms with van der Waals surface area (Å²) in [5.74, 6) is 0.312. The molecule has 40 heavy (non-hydrogen) atoms. The first-order valence-corrected chi connectivity index (χ1v) is 16.0. The number of hydrogen-bond donors (Lipinski definition) is 4. The third kappa shape index (κ3) is 9.27. The summed E-state index contributed by atoms with van der Waals surface area (Å²) in [5.41, 5.74) is 11.5. The normalized spacial score (nSPS) is 15.4. The Morgan fingerprint density at radius 2 is 1.60 bits per heavy atom. The summed E-state index contributed by atoms with van der Waals surface area (Å²) in [4.78, 5) is 9.02. The van der Waals surface area contributed by atoms with Gasteiger partial charge in [-0.15, -0.1) is 3.89 Å². The van der Waals surface area contributed by atoms with Crippen LogP contribution in [-0.2, 0) is 30.4 Å². The molecule has 6 N–H and O–H groups in total. The molecule has 0 saturated carbocycles. The van der Waals surface area contributed by atoms with Crippen molar-refractivity contribution >= 4 is 59.6 Å². The monoisotopic (exact) mass is 642 g/mol. The maximum absolute atomic E-state index is 12.9. The van der Waals surface area contributed by atoms with Gasteiger partial charge in [0.05, 0.1) is 20.6 Å². The lowest BCUT2D eigenvalue weighted by atomic mass is 10.1. The van der Waals surface area contributed by atoms with Crippen molar-refractivity contribution in [2.24, 2.45) is 21.5 Å². The minimum absolute atomic E-state index is 0.0606. The van der Waals surface area contributed by atoms with Gasteiger partial charge in [-0.1, -0.05) is 11.6 Å². The SMILES string of the molecule is CC1(C)N=C(N)N=C(N)N1c1ccc(OCCNS(=O)(=O)c2ccc(S(=O)(=O)F)cc2)c(Cl)c1.CCS(=O)(=O)O. The summed E-state index contributed by atoms with van der Waals surface area (Å²) in [6.07, 6.45) is 0. The van der Waals surface area contributed by atoms with E-state index in [2.05, 4.69) is 14.7 Å². The number of hydrogen-bond acceptors (Lipinski definition) is 12. The fourth-order valence-corrected chi connectivity index (χ4v) is 4.90. The fraction of sp³-hybridized carbons (Fsp3) is 0.333. The lowest BCUT2D eigenvalue weighted by Gasteiger charge is -2.38. The first kappa shape index (κ1) is 33.2. The van der Waals surface area contributed by atoms with Crippen LogP contribution in [-0.4, -0.2) is 66.3 Å². The van der Waals surface area contributed by atoms with E-state index in [-0.39, 0.29) is 40.7 Å². The minimum Gasteiger partial charge on any atom is -0.491 e. The van der Waals surface area contributed by atoms with Gasteiger partial charge >= 0.3 is 10.2 Å². The number of guanidine groups is 2. The van der Waals surface area contributed by atoms with E-state index in [1.54, 1.807) is 36.9 Å². The molecule has 0 saturated heterocycles. The third-order valence-corrected chi connectivity index (χ3v) is 8.34. The Bertz CT molecular complexity index is 1610. The van der Waals surface area contributed by atoms with E-state index in [4.69, 9.17) is 32.4 Å². The molecule has 0 fully saturated rings. The summed E-state index contributed by atoms with van der Waals surface area (Å²) in [6, 6.07) is 8.58. The average molecular weight is 643 g/mol. The van der Waals surface area contributed by atoms with E-state index < -0.39 is 40.9 Å².